The van der Waals surface area contributed by atoms with Crippen LogP contribution in [0.5, 0.6) is 5.88 Å². The lowest BCUT2D eigenvalue weighted by Gasteiger charge is -2.24. The Kier molecular flexibility index (Phi) is 5.16. The first kappa shape index (κ1) is 21.6. The van der Waals surface area contributed by atoms with Gasteiger partial charge in [-0.25, -0.2) is 9.37 Å². The topological polar surface area (TPSA) is 91.9 Å². The fourth-order valence-electron chi connectivity index (χ4n) is 5.11. The van der Waals surface area contributed by atoms with Crippen LogP contribution in [0.4, 0.5) is 15.8 Å². The fourth-order valence-corrected chi connectivity index (χ4v) is 5.11. The van der Waals surface area contributed by atoms with Crippen molar-refractivity contribution in [3.05, 3.63) is 65.2 Å². The van der Waals surface area contributed by atoms with Crippen LogP contribution in [-0.4, -0.2) is 33.5 Å². The van der Waals surface area contributed by atoms with Crippen LogP contribution in [-0.2, 0) is 0 Å². The van der Waals surface area contributed by atoms with Crippen molar-refractivity contribution < 1.29 is 13.9 Å². The average molecular weight is 472 g/mol. The van der Waals surface area contributed by atoms with Gasteiger partial charge in [0.25, 0.3) is 5.91 Å². The molecule has 0 aliphatic carbocycles. The second-order valence-electron chi connectivity index (χ2n) is 9.34. The Morgan fingerprint density at radius 1 is 1.17 bits per heavy atom. The number of fused-ring (bicyclic) bond motifs is 3. The number of anilines is 2. The number of amides is 1. The highest BCUT2D eigenvalue weighted by molar-refractivity contribution is 6.08. The smallest absolute Gasteiger partial charge is 0.255 e. The van der Waals surface area contributed by atoms with E-state index in [0.29, 0.717) is 40.4 Å². The molecule has 5 heterocycles. The van der Waals surface area contributed by atoms with E-state index in [1.54, 1.807) is 19.2 Å². The first-order valence-electron chi connectivity index (χ1n) is 12.0. The summed E-state index contributed by atoms with van der Waals surface area (Å²) in [6.45, 7) is 4.34. The van der Waals surface area contributed by atoms with Crippen molar-refractivity contribution in [2.75, 3.05) is 11.9 Å². The molecule has 0 saturated heterocycles. The number of aromatic amines is 1. The number of halogens is 1. The maximum atomic E-state index is 14.4. The molecule has 3 aromatic heterocycles. The maximum Gasteiger partial charge on any atom is 0.255 e. The first-order valence-corrected chi connectivity index (χ1v) is 12.0. The molecule has 4 bridgehead atoms. The number of nitrogens with one attached hydrogen (secondary N) is 3. The normalized spacial score (nSPS) is 19.3. The minimum absolute atomic E-state index is 0.0185. The number of hydrogen-bond acceptors (Lipinski definition) is 5. The van der Waals surface area contributed by atoms with Crippen LogP contribution in [0.2, 0.25) is 0 Å². The molecule has 178 valence electrons. The number of pyridine rings is 2. The summed E-state index contributed by atoms with van der Waals surface area (Å²) in [5, 5.41) is 6.44. The van der Waals surface area contributed by atoms with Gasteiger partial charge in [0.15, 0.2) is 0 Å². The number of ether oxygens (including phenoxy) is 1. The number of carbonyl (C=O) groups is 1. The van der Waals surface area contributed by atoms with Crippen LogP contribution in [0.25, 0.3) is 22.3 Å². The van der Waals surface area contributed by atoms with E-state index in [9.17, 15) is 9.18 Å². The predicted octanol–water partition coefficient (Wildman–Crippen LogP) is 5.59. The molecule has 4 aromatic rings. The highest BCUT2D eigenvalue weighted by Gasteiger charge is 2.33. The van der Waals surface area contributed by atoms with E-state index < -0.39 is 0 Å². The predicted molar refractivity (Wildman–Crippen MR) is 133 cm³/mol. The Morgan fingerprint density at radius 2 is 2.06 bits per heavy atom. The summed E-state index contributed by atoms with van der Waals surface area (Å²) >= 11 is 0. The number of carbonyl (C=O) groups excluding carboxylic acids is 1. The van der Waals surface area contributed by atoms with Gasteiger partial charge in [0.1, 0.15) is 11.3 Å². The van der Waals surface area contributed by atoms with E-state index in [1.165, 1.54) is 6.07 Å². The maximum absolute atomic E-state index is 14.4. The molecule has 3 N–H and O–H groups in total. The van der Waals surface area contributed by atoms with E-state index in [4.69, 9.17) is 9.72 Å². The Labute approximate surface area is 202 Å². The summed E-state index contributed by atoms with van der Waals surface area (Å²) in [5.74, 6) is 0.220. The number of rotatable bonds is 2. The molecule has 35 heavy (non-hydrogen) atoms. The third-order valence-electron chi connectivity index (χ3n) is 7.01. The lowest BCUT2D eigenvalue weighted by Crippen LogP contribution is -2.35. The first-order chi connectivity index (χ1) is 17.0. The highest BCUT2D eigenvalue weighted by Crippen LogP contribution is 2.43. The standard InChI is InChI=1S/C27H26FN5O2/c1-14-5-3-6-16-13-30-27(34)22-23(16)33-25(26(22)31-19-8-4-7-18(28)15(19)2)17-11-12-29-20-9-10-21(35-14)32-24(17)20/h4,7-12,14,16,31,33H,3,5-6,13H2,1-2H3,(H,30,34)/t14-,16+/m0/s1. The molecule has 2 atom stereocenters. The largest absolute Gasteiger partial charge is 0.475 e. The molecule has 2 aliphatic heterocycles. The van der Waals surface area contributed by atoms with Gasteiger partial charge in [0, 0.05) is 47.2 Å². The molecule has 8 heteroatoms. The number of nitrogens with zero attached hydrogens (tertiary/aromatic N) is 2. The van der Waals surface area contributed by atoms with Gasteiger partial charge in [-0.2, -0.15) is 0 Å². The molecular formula is C27H26FN5O2. The van der Waals surface area contributed by atoms with Gasteiger partial charge in [0.2, 0.25) is 5.88 Å². The van der Waals surface area contributed by atoms with E-state index in [-0.39, 0.29) is 23.7 Å². The number of H-pyrrole nitrogens is 1. The molecule has 1 amide bonds. The van der Waals surface area contributed by atoms with Crippen LogP contribution in [0.1, 0.15) is 53.7 Å². The van der Waals surface area contributed by atoms with Gasteiger partial charge >= 0.3 is 0 Å². The Hall–Kier alpha value is -3.94. The summed E-state index contributed by atoms with van der Waals surface area (Å²) in [5.41, 5.74) is 6.09. The van der Waals surface area contributed by atoms with Crippen molar-refractivity contribution in [1.29, 1.82) is 0 Å². The monoisotopic (exact) mass is 471 g/mol. The third-order valence-corrected chi connectivity index (χ3v) is 7.01. The van der Waals surface area contributed by atoms with Gasteiger partial charge in [-0.05, 0) is 57.4 Å². The van der Waals surface area contributed by atoms with Crippen molar-refractivity contribution in [2.45, 2.75) is 45.1 Å². The molecule has 1 aromatic carbocycles. The van der Waals surface area contributed by atoms with Crippen molar-refractivity contribution >= 4 is 28.3 Å². The zero-order valence-corrected chi connectivity index (χ0v) is 19.6. The second-order valence-corrected chi connectivity index (χ2v) is 9.34. The van der Waals surface area contributed by atoms with Crippen LogP contribution < -0.4 is 15.4 Å². The van der Waals surface area contributed by atoms with Gasteiger partial charge in [-0.15, -0.1) is 0 Å². The molecule has 0 saturated carbocycles. The Bertz CT molecular complexity index is 1460. The number of aromatic nitrogens is 3. The van der Waals surface area contributed by atoms with Crippen LogP contribution in [0.15, 0.2) is 42.6 Å². The van der Waals surface area contributed by atoms with Crippen molar-refractivity contribution in [3.8, 4) is 17.1 Å². The Morgan fingerprint density at radius 3 is 2.94 bits per heavy atom. The van der Waals surface area contributed by atoms with Crippen molar-refractivity contribution in [3.63, 3.8) is 0 Å². The second kappa shape index (κ2) is 8.37. The molecule has 0 spiro atoms. The zero-order valence-electron chi connectivity index (χ0n) is 19.6. The van der Waals surface area contributed by atoms with Gasteiger partial charge in [-0.1, -0.05) is 6.07 Å². The van der Waals surface area contributed by atoms with Crippen molar-refractivity contribution in [1.82, 2.24) is 20.3 Å². The minimum Gasteiger partial charge on any atom is -0.475 e. The third kappa shape index (κ3) is 3.69. The average Bonchev–Trinajstić information content (AvgIpc) is 3.23. The van der Waals surface area contributed by atoms with Crippen LogP contribution >= 0.6 is 0 Å². The van der Waals surface area contributed by atoms with Crippen molar-refractivity contribution in [2.24, 2.45) is 0 Å². The van der Waals surface area contributed by atoms with Gasteiger partial charge in [0.05, 0.1) is 28.6 Å². The highest BCUT2D eigenvalue weighted by atomic mass is 19.1. The molecule has 2 aliphatic rings. The van der Waals surface area contributed by atoms with Crippen LogP contribution in [0, 0.1) is 12.7 Å². The molecule has 0 radical (unpaired) electrons. The summed E-state index contributed by atoms with van der Waals surface area (Å²) in [6.07, 6.45) is 4.47. The zero-order chi connectivity index (χ0) is 24.1. The summed E-state index contributed by atoms with van der Waals surface area (Å²) in [7, 11) is 0. The lowest BCUT2D eigenvalue weighted by atomic mass is 9.91. The van der Waals surface area contributed by atoms with E-state index >= 15 is 0 Å². The molecular weight excluding hydrogens is 445 g/mol. The van der Waals surface area contributed by atoms with Gasteiger partial charge < -0.3 is 20.4 Å². The molecule has 7 nitrogen and oxygen atoms in total. The van der Waals surface area contributed by atoms with E-state index in [1.807, 2.05) is 24.3 Å². The minimum atomic E-state index is -0.308. The SMILES string of the molecule is Cc1c(F)cccc1Nc1c2[nH]c3c1C(=O)NC[C@H]3CCC[C@H](C)Oc1ccc3nccc-2c3n1. The van der Waals surface area contributed by atoms with Crippen LogP contribution in [0.3, 0.4) is 0 Å². The van der Waals surface area contributed by atoms with E-state index in [2.05, 4.69) is 27.5 Å². The van der Waals surface area contributed by atoms with Gasteiger partial charge in [-0.3, -0.25) is 9.78 Å². The summed E-state index contributed by atoms with van der Waals surface area (Å²) in [4.78, 5) is 26.1. The fraction of sp³-hybridized carbons (Fsp3) is 0.296. The lowest BCUT2D eigenvalue weighted by molar-refractivity contribution is 0.0939. The quantitative estimate of drug-likeness (QED) is 0.354. The summed E-state index contributed by atoms with van der Waals surface area (Å²) in [6, 6.07) is 10.5. The molecule has 0 unspecified atom stereocenters. The van der Waals surface area contributed by atoms with E-state index in [0.717, 1.165) is 41.7 Å². The number of hydrogen-bond donors (Lipinski definition) is 3. The molecule has 0 fully saturated rings. The summed E-state index contributed by atoms with van der Waals surface area (Å²) < 4.78 is 20.5. The Balaban J connectivity index is 1.63. The molecule has 6 rings (SSSR count). The number of benzene rings is 1.